The molecule has 0 aromatic heterocycles. The van der Waals surface area contributed by atoms with E-state index in [0.29, 0.717) is 5.06 Å². The van der Waals surface area contributed by atoms with Crippen LogP contribution in [0.15, 0.2) is 0 Å². The molecule has 0 unspecified atom stereocenters. The molecule has 0 atom stereocenters. The third-order valence-electron chi connectivity index (χ3n) is 2.16. The standard InChI is InChI=1S/C8H9NO6.C3H8O3/c10-5-1-2-6(11)9(5)15-8(14)4-3-7(12)13;4-1-3(6)2-5/h1-4H2,(H,12,13);3-6H,1-2H2. The highest BCUT2D eigenvalue weighted by atomic mass is 16.7. The van der Waals surface area contributed by atoms with Gasteiger partial charge in [0, 0.05) is 12.8 Å². The van der Waals surface area contributed by atoms with Gasteiger partial charge >= 0.3 is 11.9 Å². The van der Waals surface area contributed by atoms with Crippen LogP contribution in [0.2, 0.25) is 0 Å². The third-order valence-corrected chi connectivity index (χ3v) is 2.16. The predicted octanol–water partition coefficient (Wildman–Crippen LogP) is -2.21. The first-order valence-corrected chi connectivity index (χ1v) is 6.00. The summed E-state index contributed by atoms with van der Waals surface area (Å²) in [5.41, 5.74) is 0. The Morgan fingerprint density at radius 2 is 1.57 bits per heavy atom. The lowest BCUT2D eigenvalue weighted by Crippen LogP contribution is -2.32. The third kappa shape index (κ3) is 7.97. The molecular formula is C11H17NO9. The van der Waals surface area contributed by atoms with Crippen LogP contribution in [0.3, 0.4) is 0 Å². The van der Waals surface area contributed by atoms with Crippen molar-refractivity contribution < 1.29 is 44.4 Å². The smallest absolute Gasteiger partial charge is 0.333 e. The molecule has 1 heterocycles. The molecule has 2 amide bonds. The molecule has 1 fully saturated rings. The zero-order valence-corrected chi connectivity index (χ0v) is 11.1. The van der Waals surface area contributed by atoms with Crippen LogP contribution in [0.1, 0.15) is 25.7 Å². The number of amides is 2. The maximum atomic E-state index is 11.0. The summed E-state index contributed by atoms with van der Waals surface area (Å²) in [4.78, 5) is 47.4. The SMILES string of the molecule is O=C(O)CCC(=O)ON1C(=O)CCC1=O.OCC(O)CO. The van der Waals surface area contributed by atoms with Crippen molar-refractivity contribution in [3.05, 3.63) is 0 Å². The summed E-state index contributed by atoms with van der Waals surface area (Å²) in [5.74, 6) is -3.21. The van der Waals surface area contributed by atoms with Gasteiger partial charge in [-0.15, -0.1) is 5.06 Å². The number of aliphatic hydroxyl groups excluding tert-OH is 3. The van der Waals surface area contributed by atoms with E-state index in [-0.39, 0.29) is 32.5 Å². The second kappa shape index (κ2) is 9.80. The highest BCUT2D eigenvalue weighted by Crippen LogP contribution is 2.12. The van der Waals surface area contributed by atoms with Crippen molar-refractivity contribution in [3.63, 3.8) is 0 Å². The fraction of sp³-hybridized carbons (Fsp3) is 0.636. The van der Waals surface area contributed by atoms with E-state index in [1.807, 2.05) is 0 Å². The van der Waals surface area contributed by atoms with Crippen LogP contribution in [0.5, 0.6) is 0 Å². The predicted molar refractivity (Wildman–Crippen MR) is 64.2 cm³/mol. The Morgan fingerprint density at radius 1 is 1.10 bits per heavy atom. The van der Waals surface area contributed by atoms with E-state index >= 15 is 0 Å². The van der Waals surface area contributed by atoms with Crippen LogP contribution in [0, 0.1) is 0 Å². The van der Waals surface area contributed by atoms with Gasteiger partial charge in [0.15, 0.2) is 0 Å². The Bertz CT molecular complexity index is 375. The number of carbonyl (C=O) groups is 4. The number of aliphatic hydroxyl groups is 3. The summed E-state index contributed by atoms with van der Waals surface area (Å²) in [6.45, 7) is -0.729. The monoisotopic (exact) mass is 307 g/mol. The van der Waals surface area contributed by atoms with Crippen molar-refractivity contribution in [2.24, 2.45) is 0 Å². The van der Waals surface area contributed by atoms with Crippen molar-refractivity contribution in [2.45, 2.75) is 31.8 Å². The number of rotatable bonds is 6. The van der Waals surface area contributed by atoms with Crippen LogP contribution in [0.4, 0.5) is 0 Å². The minimum Gasteiger partial charge on any atom is -0.481 e. The lowest BCUT2D eigenvalue weighted by molar-refractivity contribution is -0.197. The van der Waals surface area contributed by atoms with Gasteiger partial charge in [-0.1, -0.05) is 0 Å². The molecule has 1 aliphatic heterocycles. The van der Waals surface area contributed by atoms with Crippen molar-refractivity contribution in [2.75, 3.05) is 13.2 Å². The zero-order chi connectivity index (χ0) is 16.4. The van der Waals surface area contributed by atoms with E-state index in [1.165, 1.54) is 0 Å². The van der Waals surface area contributed by atoms with E-state index < -0.39 is 36.3 Å². The molecule has 10 nitrogen and oxygen atoms in total. The molecule has 0 aromatic rings. The van der Waals surface area contributed by atoms with Crippen LogP contribution in [-0.2, 0) is 24.0 Å². The molecule has 1 saturated heterocycles. The van der Waals surface area contributed by atoms with Crippen LogP contribution in [0.25, 0.3) is 0 Å². The Hall–Kier alpha value is -2.04. The Morgan fingerprint density at radius 3 is 1.90 bits per heavy atom. The Kier molecular flexibility index (Phi) is 8.85. The molecule has 10 heteroatoms. The fourth-order valence-corrected chi connectivity index (χ4v) is 1.07. The maximum Gasteiger partial charge on any atom is 0.333 e. The lowest BCUT2D eigenvalue weighted by atomic mass is 10.3. The molecule has 21 heavy (non-hydrogen) atoms. The number of nitrogens with zero attached hydrogens (tertiary/aromatic N) is 1. The van der Waals surface area contributed by atoms with E-state index in [4.69, 9.17) is 20.4 Å². The van der Waals surface area contributed by atoms with Crippen molar-refractivity contribution in [1.82, 2.24) is 5.06 Å². The van der Waals surface area contributed by atoms with E-state index in [2.05, 4.69) is 4.84 Å². The molecule has 1 aliphatic rings. The number of imide groups is 1. The molecule has 0 aliphatic carbocycles. The van der Waals surface area contributed by atoms with Crippen molar-refractivity contribution >= 4 is 23.8 Å². The molecule has 0 saturated carbocycles. The number of hydrogen-bond donors (Lipinski definition) is 4. The van der Waals surface area contributed by atoms with Crippen LogP contribution >= 0.6 is 0 Å². The summed E-state index contributed by atoms with van der Waals surface area (Å²) in [5, 5.41) is 32.7. The zero-order valence-electron chi connectivity index (χ0n) is 11.1. The second-order valence-electron chi connectivity index (χ2n) is 3.96. The summed E-state index contributed by atoms with van der Waals surface area (Å²) in [6, 6.07) is 0. The highest BCUT2D eigenvalue weighted by Gasteiger charge is 2.32. The molecule has 0 bridgehead atoms. The largest absolute Gasteiger partial charge is 0.481 e. The van der Waals surface area contributed by atoms with Crippen molar-refractivity contribution in [1.29, 1.82) is 0 Å². The summed E-state index contributed by atoms with van der Waals surface area (Å²) >= 11 is 0. The Labute approximate surface area is 119 Å². The minimum atomic E-state index is -1.15. The fourth-order valence-electron chi connectivity index (χ4n) is 1.07. The van der Waals surface area contributed by atoms with Gasteiger partial charge in [-0.3, -0.25) is 14.4 Å². The lowest BCUT2D eigenvalue weighted by Gasteiger charge is -2.11. The summed E-state index contributed by atoms with van der Waals surface area (Å²) in [7, 11) is 0. The quantitative estimate of drug-likeness (QED) is 0.398. The van der Waals surface area contributed by atoms with Gasteiger partial charge < -0.3 is 25.3 Å². The molecular weight excluding hydrogens is 290 g/mol. The van der Waals surface area contributed by atoms with Gasteiger partial charge in [-0.05, 0) is 0 Å². The summed E-state index contributed by atoms with van der Waals surface area (Å²) in [6.07, 6.45) is -1.68. The number of carboxylic acids is 1. The average Bonchev–Trinajstić information content (AvgIpc) is 2.76. The first-order chi connectivity index (χ1) is 9.81. The number of carboxylic acid groups (broad SMARTS) is 1. The average molecular weight is 307 g/mol. The second-order valence-corrected chi connectivity index (χ2v) is 3.96. The first kappa shape index (κ1) is 19.0. The first-order valence-electron chi connectivity index (χ1n) is 6.00. The molecule has 0 aromatic carbocycles. The molecule has 4 N–H and O–H groups in total. The number of carbonyl (C=O) groups excluding carboxylic acids is 3. The topological polar surface area (TPSA) is 162 Å². The minimum absolute atomic E-state index is 0.0189. The van der Waals surface area contributed by atoms with Crippen LogP contribution in [-0.4, -0.2) is 68.6 Å². The van der Waals surface area contributed by atoms with Gasteiger partial charge in [0.25, 0.3) is 11.8 Å². The van der Waals surface area contributed by atoms with Gasteiger partial charge in [0.05, 0.1) is 26.1 Å². The van der Waals surface area contributed by atoms with Gasteiger partial charge in [-0.25, -0.2) is 4.79 Å². The highest BCUT2D eigenvalue weighted by molar-refractivity contribution is 6.01. The summed E-state index contributed by atoms with van der Waals surface area (Å²) < 4.78 is 0. The molecule has 120 valence electrons. The van der Waals surface area contributed by atoms with Gasteiger partial charge in [0.1, 0.15) is 6.10 Å². The normalized spacial score (nSPS) is 14.0. The molecule has 0 radical (unpaired) electrons. The van der Waals surface area contributed by atoms with Crippen LogP contribution < -0.4 is 0 Å². The number of hydroxylamine groups is 2. The van der Waals surface area contributed by atoms with E-state index in [9.17, 15) is 19.2 Å². The number of hydrogen-bond acceptors (Lipinski definition) is 8. The van der Waals surface area contributed by atoms with Gasteiger partial charge in [0.2, 0.25) is 0 Å². The van der Waals surface area contributed by atoms with E-state index in [1.54, 1.807) is 0 Å². The van der Waals surface area contributed by atoms with E-state index in [0.717, 1.165) is 0 Å². The molecule has 0 spiro atoms. The van der Waals surface area contributed by atoms with Gasteiger partial charge in [-0.2, -0.15) is 0 Å². The van der Waals surface area contributed by atoms with Crippen molar-refractivity contribution in [3.8, 4) is 0 Å². The Balaban J connectivity index is 0.000000567. The molecule has 1 rings (SSSR count). The number of aliphatic carboxylic acids is 1. The maximum absolute atomic E-state index is 11.0.